The van der Waals surface area contributed by atoms with Gasteiger partial charge in [0.1, 0.15) is 0 Å². The summed E-state index contributed by atoms with van der Waals surface area (Å²) in [6.07, 6.45) is 1.66. The molecule has 1 unspecified atom stereocenters. The second kappa shape index (κ2) is 6.21. The van der Waals surface area contributed by atoms with Crippen LogP contribution < -0.4 is 5.32 Å². The maximum Gasteiger partial charge on any atom is 0.412 e. The lowest BCUT2D eigenvalue weighted by Crippen LogP contribution is -2.38. The smallest absolute Gasteiger partial charge is 0.357 e. The van der Waals surface area contributed by atoms with Gasteiger partial charge in [0.2, 0.25) is 0 Å². The molecule has 2 rings (SSSR count). The van der Waals surface area contributed by atoms with Crippen molar-refractivity contribution in [2.75, 3.05) is 0 Å². The highest BCUT2D eigenvalue weighted by atomic mass is 19.4. The van der Waals surface area contributed by atoms with Crippen molar-refractivity contribution in [1.29, 1.82) is 0 Å². The average Bonchev–Trinajstić information content (AvgIpc) is 2.89. The van der Waals surface area contributed by atoms with Gasteiger partial charge in [-0.2, -0.15) is 13.2 Å². The van der Waals surface area contributed by atoms with Gasteiger partial charge < -0.3 is 9.88 Å². The molecule has 0 bridgehead atoms. The van der Waals surface area contributed by atoms with Gasteiger partial charge in [0.05, 0.1) is 0 Å². The number of alkyl halides is 3. The number of halogens is 3. The van der Waals surface area contributed by atoms with Gasteiger partial charge in [-0.15, -0.1) is 0 Å². The standard InChI is InChI=1S/C15H16F3N3O/c1-3-10-8-19-6-4-12(10)14(22)20-13(15(16,17)18)11-5-7-21(2)9-11/h4-9,13H,3H2,1-2H3,(H,20,22). The molecular weight excluding hydrogens is 295 g/mol. The van der Waals surface area contributed by atoms with Gasteiger partial charge in [-0.1, -0.05) is 6.92 Å². The summed E-state index contributed by atoms with van der Waals surface area (Å²) in [5.41, 5.74) is 0.812. The topological polar surface area (TPSA) is 46.9 Å². The Balaban J connectivity index is 2.29. The molecule has 0 saturated carbocycles. The molecule has 22 heavy (non-hydrogen) atoms. The van der Waals surface area contributed by atoms with Gasteiger partial charge in [-0.3, -0.25) is 9.78 Å². The summed E-state index contributed by atoms with van der Waals surface area (Å²) >= 11 is 0. The van der Waals surface area contributed by atoms with Gasteiger partial charge >= 0.3 is 6.18 Å². The highest BCUT2D eigenvalue weighted by molar-refractivity contribution is 5.95. The number of pyridine rings is 1. The molecule has 0 radical (unpaired) electrons. The van der Waals surface area contributed by atoms with E-state index in [1.807, 2.05) is 6.92 Å². The van der Waals surface area contributed by atoms with Crippen LogP contribution in [0.2, 0.25) is 0 Å². The lowest BCUT2D eigenvalue weighted by Gasteiger charge is -2.21. The number of aromatic nitrogens is 2. The molecule has 2 heterocycles. The number of carbonyl (C=O) groups excluding carboxylic acids is 1. The molecule has 7 heteroatoms. The van der Waals surface area contributed by atoms with E-state index in [4.69, 9.17) is 0 Å². The van der Waals surface area contributed by atoms with Gasteiger partial charge in [-0.05, 0) is 24.1 Å². The van der Waals surface area contributed by atoms with E-state index in [-0.39, 0.29) is 11.1 Å². The number of carbonyl (C=O) groups is 1. The fourth-order valence-corrected chi connectivity index (χ4v) is 2.19. The Kier molecular flexibility index (Phi) is 4.54. The van der Waals surface area contributed by atoms with E-state index in [9.17, 15) is 18.0 Å². The first-order valence-corrected chi connectivity index (χ1v) is 6.75. The molecule has 2 aromatic rings. The average molecular weight is 311 g/mol. The molecule has 0 spiro atoms. The van der Waals surface area contributed by atoms with E-state index < -0.39 is 18.1 Å². The third kappa shape index (κ3) is 3.47. The number of nitrogens with zero attached hydrogens (tertiary/aromatic N) is 2. The van der Waals surface area contributed by atoms with Crippen molar-refractivity contribution in [1.82, 2.24) is 14.9 Å². The molecule has 0 saturated heterocycles. The summed E-state index contributed by atoms with van der Waals surface area (Å²) in [5.74, 6) is -0.759. The Morgan fingerprint density at radius 3 is 2.68 bits per heavy atom. The molecule has 0 fully saturated rings. The van der Waals surface area contributed by atoms with Gasteiger partial charge in [0, 0.05) is 43.0 Å². The van der Waals surface area contributed by atoms with E-state index in [0.717, 1.165) is 0 Å². The summed E-state index contributed by atoms with van der Waals surface area (Å²) in [4.78, 5) is 16.1. The van der Waals surface area contributed by atoms with Crippen molar-refractivity contribution in [2.45, 2.75) is 25.6 Å². The minimum Gasteiger partial charge on any atom is -0.357 e. The summed E-state index contributed by atoms with van der Waals surface area (Å²) in [6, 6.07) is 0.720. The van der Waals surface area contributed by atoms with E-state index in [1.165, 1.54) is 41.5 Å². The van der Waals surface area contributed by atoms with Crippen molar-refractivity contribution in [3.63, 3.8) is 0 Å². The number of rotatable bonds is 4. The van der Waals surface area contributed by atoms with Crippen LogP contribution in [0.25, 0.3) is 0 Å². The van der Waals surface area contributed by atoms with Gasteiger partial charge in [0.15, 0.2) is 6.04 Å². The monoisotopic (exact) mass is 311 g/mol. The molecule has 0 aliphatic heterocycles. The first-order valence-electron chi connectivity index (χ1n) is 6.75. The van der Waals surface area contributed by atoms with Crippen LogP contribution in [0, 0.1) is 0 Å². The van der Waals surface area contributed by atoms with Crippen LogP contribution in [-0.4, -0.2) is 21.6 Å². The zero-order valence-corrected chi connectivity index (χ0v) is 12.2. The van der Waals surface area contributed by atoms with Crippen molar-refractivity contribution in [2.24, 2.45) is 7.05 Å². The molecule has 4 nitrogen and oxygen atoms in total. The Bertz CT molecular complexity index is 664. The van der Waals surface area contributed by atoms with Crippen LogP contribution in [0.5, 0.6) is 0 Å². The van der Waals surface area contributed by atoms with Crippen molar-refractivity contribution >= 4 is 5.91 Å². The molecule has 1 N–H and O–H groups in total. The van der Waals surface area contributed by atoms with Crippen molar-refractivity contribution in [3.05, 3.63) is 53.6 Å². The Morgan fingerprint density at radius 2 is 2.14 bits per heavy atom. The quantitative estimate of drug-likeness (QED) is 0.943. The van der Waals surface area contributed by atoms with Crippen LogP contribution in [0.4, 0.5) is 13.2 Å². The molecule has 2 aromatic heterocycles. The van der Waals surface area contributed by atoms with Crippen LogP contribution in [0.1, 0.15) is 34.5 Å². The van der Waals surface area contributed by atoms with Crippen LogP contribution in [0.15, 0.2) is 36.9 Å². The largest absolute Gasteiger partial charge is 0.412 e. The number of aryl methyl sites for hydroxylation is 2. The van der Waals surface area contributed by atoms with Crippen LogP contribution in [-0.2, 0) is 13.5 Å². The second-order valence-corrected chi connectivity index (χ2v) is 4.94. The molecule has 1 atom stereocenters. The summed E-state index contributed by atoms with van der Waals surface area (Å²) in [5, 5.41) is 2.07. The fourth-order valence-electron chi connectivity index (χ4n) is 2.19. The van der Waals surface area contributed by atoms with Gasteiger partial charge in [0.25, 0.3) is 5.91 Å². The number of nitrogens with one attached hydrogen (secondary N) is 1. The highest BCUT2D eigenvalue weighted by Crippen LogP contribution is 2.33. The minimum atomic E-state index is -4.57. The van der Waals surface area contributed by atoms with Crippen molar-refractivity contribution in [3.8, 4) is 0 Å². The van der Waals surface area contributed by atoms with Crippen LogP contribution in [0.3, 0.4) is 0 Å². The fraction of sp³-hybridized carbons (Fsp3) is 0.333. The Hall–Kier alpha value is -2.31. The van der Waals surface area contributed by atoms with E-state index >= 15 is 0 Å². The summed E-state index contributed by atoms with van der Waals surface area (Å²) in [6.45, 7) is 1.81. The molecular formula is C15H16F3N3O. The Labute approximate surface area is 126 Å². The highest BCUT2D eigenvalue weighted by Gasteiger charge is 2.42. The summed E-state index contributed by atoms with van der Waals surface area (Å²) in [7, 11) is 1.62. The predicted molar refractivity (Wildman–Crippen MR) is 75.3 cm³/mol. The Morgan fingerprint density at radius 1 is 1.41 bits per heavy atom. The zero-order valence-electron chi connectivity index (χ0n) is 12.2. The first kappa shape index (κ1) is 16.1. The zero-order chi connectivity index (χ0) is 16.3. The number of hydrogen-bond donors (Lipinski definition) is 1. The van der Waals surface area contributed by atoms with Crippen LogP contribution >= 0.6 is 0 Å². The van der Waals surface area contributed by atoms with E-state index in [0.29, 0.717) is 12.0 Å². The lowest BCUT2D eigenvalue weighted by atomic mass is 10.1. The number of hydrogen-bond acceptors (Lipinski definition) is 2. The third-order valence-corrected chi connectivity index (χ3v) is 3.32. The molecule has 1 amide bonds. The molecule has 0 aliphatic carbocycles. The predicted octanol–water partition coefficient (Wildman–Crippen LogP) is 3.02. The maximum absolute atomic E-state index is 13.2. The second-order valence-electron chi connectivity index (χ2n) is 4.94. The molecule has 0 aromatic carbocycles. The first-order chi connectivity index (χ1) is 10.3. The maximum atomic E-state index is 13.2. The number of amides is 1. The lowest BCUT2D eigenvalue weighted by molar-refractivity contribution is -0.155. The minimum absolute atomic E-state index is 0.00421. The van der Waals surface area contributed by atoms with E-state index in [1.54, 1.807) is 7.05 Å². The molecule has 0 aliphatic rings. The summed E-state index contributed by atoms with van der Waals surface area (Å²) < 4.78 is 41.2. The van der Waals surface area contributed by atoms with E-state index in [2.05, 4.69) is 10.3 Å². The van der Waals surface area contributed by atoms with Gasteiger partial charge in [-0.25, -0.2) is 0 Å². The SMILES string of the molecule is CCc1cnccc1C(=O)NC(c1ccn(C)c1)C(F)(F)F. The normalized spacial score (nSPS) is 13.0. The van der Waals surface area contributed by atoms with Crippen molar-refractivity contribution < 1.29 is 18.0 Å². The third-order valence-electron chi connectivity index (χ3n) is 3.32. The molecule has 118 valence electrons.